The van der Waals surface area contributed by atoms with Crippen LogP contribution in [-0.4, -0.2) is 13.0 Å². The van der Waals surface area contributed by atoms with Gasteiger partial charge >= 0.3 is 7.25 Å². The molecule has 0 heterocycles. The van der Waals surface area contributed by atoms with Gasteiger partial charge in [0.2, 0.25) is 0 Å². The molecule has 0 atom stereocenters. The highest BCUT2D eigenvalue weighted by Gasteiger charge is 2.23. The third-order valence-electron chi connectivity index (χ3n) is 2.57. The molecule has 0 fully saturated rings. The number of hydrogen-bond donors (Lipinski definition) is 0. The van der Waals surface area contributed by atoms with Crippen LogP contribution in [0.15, 0.2) is 70.5 Å². The van der Waals surface area contributed by atoms with E-state index in [4.69, 9.17) is 0 Å². The number of benzene rings is 2. The van der Waals surface area contributed by atoms with Crippen LogP contribution in [0.1, 0.15) is 13.3 Å². The summed E-state index contributed by atoms with van der Waals surface area (Å²) >= 11 is 0. The minimum Gasteiger partial charge on any atom is -0.418 e. The lowest BCUT2D eigenvalue weighted by atomic mass is 10.3. The van der Waals surface area contributed by atoms with Crippen molar-refractivity contribution in [1.29, 1.82) is 0 Å². The summed E-state index contributed by atoms with van der Waals surface area (Å²) in [5.41, 5.74) is 0. The third-order valence-corrected chi connectivity index (χ3v) is 4.69. The van der Waals surface area contributed by atoms with Gasteiger partial charge < -0.3 is 17.3 Å². The van der Waals surface area contributed by atoms with Gasteiger partial charge in [-0.3, -0.25) is 0 Å². The maximum absolute atomic E-state index is 9.75. The van der Waals surface area contributed by atoms with Crippen LogP contribution in [0.4, 0.5) is 17.3 Å². The van der Waals surface area contributed by atoms with Gasteiger partial charge in [-0.05, 0) is 30.2 Å². The van der Waals surface area contributed by atoms with Crippen LogP contribution in [0.3, 0.4) is 0 Å². The Kier molecular flexibility index (Phi) is 8.35. The molecule has 6 heteroatoms. The third kappa shape index (κ3) is 8.99. The average molecular weight is 340 g/mol. The van der Waals surface area contributed by atoms with Crippen molar-refractivity contribution < 1.29 is 17.3 Å². The summed E-state index contributed by atoms with van der Waals surface area (Å²) in [6.07, 6.45) is 0.931. The molecular formula is C17H17BF4S. The van der Waals surface area contributed by atoms with E-state index in [1.807, 2.05) is 0 Å². The highest BCUT2D eigenvalue weighted by Crippen LogP contribution is 2.22. The van der Waals surface area contributed by atoms with Gasteiger partial charge in [0.1, 0.15) is 0 Å². The van der Waals surface area contributed by atoms with Crippen molar-refractivity contribution in [3.8, 4) is 11.8 Å². The van der Waals surface area contributed by atoms with Crippen LogP contribution in [0.25, 0.3) is 0 Å². The molecule has 0 aliphatic heterocycles. The molecule has 0 bridgehead atoms. The quantitative estimate of drug-likeness (QED) is 0.302. The standard InChI is InChI=1S/C17H17S.BF4/c1-2-3-10-15-18(16-11-6-4-7-12-16)17-13-8-5-9-14-17;2-1(3,4)5/h4-9,11-14H,2,15H2,1H3;/q+1;-1. The van der Waals surface area contributed by atoms with Gasteiger partial charge in [0.05, 0.1) is 10.9 Å². The van der Waals surface area contributed by atoms with E-state index in [-0.39, 0.29) is 10.9 Å². The molecule has 2 aromatic rings. The first-order valence-corrected chi connectivity index (χ1v) is 8.45. The molecule has 0 saturated carbocycles. The van der Waals surface area contributed by atoms with Gasteiger partial charge in [-0.25, -0.2) is 0 Å². The van der Waals surface area contributed by atoms with E-state index in [1.54, 1.807) is 0 Å². The summed E-state index contributed by atoms with van der Waals surface area (Å²) in [6, 6.07) is 21.3. The zero-order valence-electron chi connectivity index (χ0n) is 12.7. The smallest absolute Gasteiger partial charge is 0.418 e. The molecular weight excluding hydrogens is 323 g/mol. The minimum absolute atomic E-state index is 0.0737. The molecule has 0 aliphatic carbocycles. The van der Waals surface area contributed by atoms with Crippen molar-refractivity contribution in [2.24, 2.45) is 0 Å². The SMILES string of the molecule is CCC#CC[S+](c1ccccc1)c1ccccc1.F[B-](F)(F)F. The second-order valence-corrected chi connectivity index (χ2v) is 6.38. The summed E-state index contributed by atoms with van der Waals surface area (Å²) in [4.78, 5) is 2.74. The molecule has 0 radical (unpaired) electrons. The minimum atomic E-state index is -6.00. The van der Waals surface area contributed by atoms with E-state index in [9.17, 15) is 17.3 Å². The largest absolute Gasteiger partial charge is 0.673 e. The molecule has 122 valence electrons. The van der Waals surface area contributed by atoms with Gasteiger partial charge in [0.25, 0.3) is 0 Å². The van der Waals surface area contributed by atoms with Crippen LogP contribution >= 0.6 is 0 Å². The molecule has 2 rings (SSSR count). The summed E-state index contributed by atoms with van der Waals surface area (Å²) in [5.74, 6) is 7.39. The fraction of sp³-hybridized carbons (Fsp3) is 0.176. The van der Waals surface area contributed by atoms with Crippen LogP contribution in [0, 0.1) is 11.8 Å². The first-order chi connectivity index (χ1) is 10.9. The zero-order valence-corrected chi connectivity index (χ0v) is 13.5. The van der Waals surface area contributed by atoms with E-state index in [1.165, 1.54) is 9.79 Å². The van der Waals surface area contributed by atoms with E-state index < -0.39 is 7.25 Å². The lowest BCUT2D eigenvalue weighted by molar-refractivity contribution is 0.368. The Hall–Kier alpha value is -1.87. The van der Waals surface area contributed by atoms with Crippen LogP contribution in [0.2, 0.25) is 0 Å². The van der Waals surface area contributed by atoms with Crippen LogP contribution in [0.5, 0.6) is 0 Å². The molecule has 0 nitrogen and oxygen atoms in total. The lowest BCUT2D eigenvalue weighted by Crippen LogP contribution is -2.07. The van der Waals surface area contributed by atoms with E-state index >= 15 is 0 Å². The summed E-state index contributed by atoms with van der Waals surface area (Å²) in [5, 5.41) is 0. The molecule has 0 aliphatic rings. The maximum atomic E-state index is 9.75. The van der Waals surface area contributed by atoms with E-state index in [0.717, 1.165) is 12.2 Å². The monoisotopic (exact) mass is 340 g/mol. The van der Waals surface area contributed by atoms with Crippen molar-refractivity contribution >= 4 is 18.1 Å². The van der Waals surface area contributed by atoms with Crippen molar-refractivity contribution in [2.75, 3.05) is 5.75 Å². The van der Waals surface area contributed by atoms with Crippen molar-refractivity contribution in [3.05, 3.63) is 60.7 Å². The lowest BCUT2D eigenvalue weighted by Gasteiger charge is -2.04. The topological polar surface area (TPSA) is 0 Å². The van der Waals surface area contributed by atoms with E-state index in [0.29, 0.717) is 0 Å². The fourth-order valence-electron chi connectivity index (χ4n) is 1.72. The van der Waals surface area contributed by atoms with Gasteiger partial charge in [-0.15, -0.1) is 0 Å². The molecule has 0 spiro atoms. The van der Waals surface area contributed by atoms with Gasteiger partial charge in [-0.2, -0.15) is 0 Å². The summed E-state index contributed by atoms with van der Waals surface area (Å²) in [7, 11) is -5.93. The molecule has 0 N–H and O–H groups in total. The second kappa shape index (κ2) is 10.0. The van der Waals surface area contributed by atoms with Crippen molar-refractivity contribution in [1.82, 2.24) is 0 Å². The molecule has 0 aromatic heterocycles. The Bertz CT molecular complexity index is 572. The van der Waals surface area contributed by atoms with Gasteiger partial charge in [0.15, 0.2) is 15.5 Å². The highest BCUT2D eigenvalue weighted by molar-refractivity contribution is 7.97. The Morgan fingerprint density at radius 1 is 0.783 bits per heavy atom. The first-order valence-electron chi connectivity index (χ1n) is 7.06. The van der Waals surface area contributed by atoms with Gasteiger partial charge in [-0.1, -0.05) is 49.2 Å². The summed E-state index contributed by atoms with van der Waals surface area (Å²) in [6.45, 7) is 2.09. The normalized spacial score (nSPS) is 10.3. The predicted octanol–water partition coefficient (Wildman–Crippen LogP) is 5.44. The van der Waals surface area contributed by atoms with Gasteiger partial charge in [0, 0.05) is 6.42 Å². The fourth-order valence-corrected chi connectivity index (χ4v) is 3.54. The van der Waals surface area contributed by atoms with Crippen molar-refractivity contribution in [2.45, 2.75) is 23.1 Å². The van der Waals surface area contributed by atoms with Crippen LogP contribution in [-0.2, 0) is 10.9 Å². The highest BCUT2D eigenvalue weighted by atomic mass is 32.2. The summed E-state index contributed by atoms with van der Waals surface area (Å²) < 4.78 is 39.0. The Morgan fingerprint density at radius 3 is 1.52 bits per heavy atom. The molecule has 0 unspecified atom stereocenters. The number of halogens is 4. The number of rotatable bonds is 3. The first kappa shape index (κ1) is 19.2. The predicted molar refractivity (Wildman–Crippen MR) is 89.9 cm³/mol. The Balaban J connectivity index is 0.000000463. The molecule has 23 heavy (non-hydrogen) atoms. The second-order valence-electron chi connectivity index (χ2n) is 4.36. The number of hydrogen-bond acceptors (Lipinski definition) is 0. The molecule has 0 amide bonds. The van der Waals surface area contributed by atoms with E-state index in [2.05, 4.69) is 79.4 Å². The maximum Gasteiger partial charge on any atom is 0.673 e. The molecule has 2 aromatic carbocycles. The Labute approximate surface area is 137 Å². The van der Waals surface area contributed by atoms with Crippen molar-refractivity contribution in [3.63, 3.8) is 0 Å². The van der Waals surface area contributed by atoms with Crippen LogP contribution < -0.4 is 0 Å². The zero-order chi connectivity index (χ0) is 17.1. The average Bonchev–Trinajstić information content (AvgIpc) is 2.52. The Morgan fingerprint density at radius 2 is 1.17 bits per heavy atom. The molecule has 0 saturated heterocycles.